The molecule has 0 fully saturated rings. The van der Waals surface area contributed by atoms with Crippen molar-refractivity contribution in [3.63, 3.8) is 0 Å². The predicted molar refractivity (Wildman–Crippen MR) is 58.2 cm³/mol. The van der Waals surface area contributed by atoms with E-state index in [2.05, 4.69) is 4.89 Å². The zero-order chi connectivity index (χ0) is 11.4. The summed E-state index contributed by atoms with van der Waals surface area (Å²) >= 11 is 11.8. The van der Waals surface area contributed by atoms with E-state index in [1.165, 1.54) is 13.0 Å². The van der Waals surface area contributed by atoms with Gasteiger partial charge < -0.3 is 0 Å². The van der Waals surface area contributed by atoms with Crippen LogP contribution in [0.5, 0.6) is 5.75 Å². The second-order valence-electron chi connectivity index (χ2n) is 2.89. The van der Waals surface area contributed by atoms with Gasteiger partial charge in [-0.3, -0.25) is 9.78 Å². The second-order valence-corrected chi connectivity index (χ2v) is 3.70. The Hall–Kier alpha value is -0.930. The van der Waals surface area contributed by atoms with Crippen LogP contribution in [-0.4, -0.2) is 5.97 Å². The normalized spacial score (nSPS) is 9.87. The fourth-order valence-corrected chi connectivity index (χ4v) is 1.54. The summed E-state index contributed by atoms with van der Waals surface area (Å²) in [7, 11) is 0. The molecule has 0 aliphatic heterocycles. The van der Waals surface area contributed by atoms with Crippen molar-refractivity contribution in [1.29, 1.82) is 0 Å². The summed E-state index contributed by atoms with van der Waals surface area (Å²) in [4.78, 5) is 19.7. The summed E-state index contributed by atoms with van der Waals surface area (Å²) in [5.74, 6) is -0.305. The fourth-order valence-electron chi connectivity index (χ4n) is 1.04. The van der Waals surface area contributed by atoms with Gasteiger partial charge in [-0.15, -0.1) is 0 Å². The van der Waals surface area contributed by atoms with E-state index in [9.17, 15) is 4.79 Å². The SMILES string of the molecule is CCc1cc(Cl)cc(OOC(C)=O)c1Cl. The molecular weight excluding hydrogens is 239 g/mol. The van der Waals surface area contributed by atoms with Gasteiger partial charge in [-0.1, -0.05) is 30.1 Å². The molecule has 5 heteroatoms. The highest BCUT2D eigenvalue weighted by Gasteiger charge is 2.10. The first-order chi connectivity index (χ1) is 7.04. The maximum atomic E-state index is 10.5. The Kier molecular flexibility index (Phi) is 4.24. The van der Waals surface area contributed by atoms with Gasteiger partial charge in [0, 0.05) is 18.0 Å². The molecule has 15 heavy (non-hydrogen) atoms. The third-order valence-corrected chi connectivity index (χ3v) is 2.36. The van der Waals surface area contributed by atoms with Crippen molar-refractivity contribution >= 4 is 29.2 Å². The Morgan fingerprint density at radius 2 is 2.07 bits per heavy atom. The smallest absolute Gasteiger partial charge is 0.285 e. The molecule has 0 aromatic heterocycles. The molecule has 3 nitrogen and oxygen atoms in total. The monoisotopic (exact) mass is 248 g/mol. The molecule has 1 rings (SSSR count). The predicted octanol–water partition coefficient (Wildman–Crippen LogP) is 3.41. The molecule has 0 spiro atoms. The third kappa shape index (κ3) is 3.29. The van der Waals surface area contributed by atoms with E-state index < -0.39 is 5.97 Å². The fraction of sp³-hybridized carbons (Fsp3) is 0.300. The van der Waals surface area contributed by atoms with E-state index in [-0.39, 0.29) is 5.75 Å². The van der Waals surface area contributed by atoms with Crippen LogP contribution in [0.1, 0.15) is 19.4 Å². The number of aryl methyl sites for hydroxylation is 1. The van der Waals surface area contributed by atoms with Gasteiger partial charge in [-0.2, -0.15) is 0 Å². The molecule has 0 radical (unpaired) electrons. The Morgan fingerprint density at radius 1 is 1.40 bits per heavy atom. The molecule has 82 valence electrons. The van der Waals surface area contributed by atoms with Crippen LogP contribution in [-0.2, 0) is 16.1 Å². The van der Waals surface area contributed by atoms with Crippen LogP contribution in [0.25, 0.3) is 0 Å². The van der Waals surface area contributed by atoms with E-state index in [1.54, 1.807) is 6.07 Å². The molecular formula is C10H10Cl2O3. The highest BCUT2D eigenvalue weighted by Crippen LogP contribution is 2.32. The molecule has 0 N–H and O–H groups in total. The number of hydrogen-bond acceptors (Lipinski definition) is 3. The van der Waals surface area contributed by atoms with Gasteiger partial charge in [0.15, 0.2) is 5.75 Å². The Balaban J connectivity index is 2.95. The van der Waals surface area contributed by atoms with Crippen molar-refractivity contribution in [1.82, 2.24) is 0 Å². The Bertz CT molecular complexity index is 377. The highest BCUT2D eigenvalue weighted by atomic mass is 35.5. The average Bonchev–Trinajstić information content (AvgIpc) is 2.18. The minimum Gasteiger partial charge on any atom is -0.285 e. The molecule has 0 aliphatic carbocycles. The lowest BCUT2D eigenvalue weighted by atomic mass is 10.1. The van der Waals surface area contributed by atoms with E-state index in [0.717, 1.165) is 12.0 Å². The topological polar surface area (TPSA) is 35.5 Å². The van der Waals surface area contributed by atoms with E-state index in [4.69, 9.17) is 28.1 Å². The molecule has 0 amide bonds. The lowest BCUT2D eigenvalue weighted by molar-refractivity contribution is -0.210. The van der Waals surface area contributed by atoms with Gasteiger partial charge in [-0.25, -0.2) is 4.79 Å². The lowest BCUT2D eigenvalue weighted by Gasteiger charge is -2.08. The van der Waals surface area contributed by atoms with E-state index in [1.807, 2.05) is 6.92 Å². The van der Waals surface area contributed by atoms with Crippen molar-refractivity contribution in [2.45, 2.75) is 20.3 Å². The van der Waals surface area contributed by atoms with Gasteiger partial charge in [0.2, 0.25) is 0 Å². The number of rotatable bonds is 3. The molecule has 0 unspecified atom stereocenters. The maximum absolute atomic E-state index is 10.5. The van der Waals surface area contributed by atoms with Gasteiger partial charge in [0.05, 0.1) is 5.02 Å². The molecule has 0 atom stereocenters. The first-order valence-electron chi connectivity index (χ1n) is 4.37. The summed E-state index contributed by atoms with van der Waals surface area (Å²) in [6.45, 7) is 3.17. The van der Waals surface area contributed by atoms with Crippen LogP contribution >= 0.6 is 23.2 Å². The summed E-state index contributed by atoms with van der Waals surface area (Å²) in [5.41, 5.74) is 0.839. The largest absolute Gasteiger partial charge is 0.352 e. The number of halogens is 2. The zero-order valence-electron chi connectivity index (χ0n) is 8.34. The first-order valence-corrected chi connectivity index (χ1v) is 5.13. The van der Waals surface area contributed by atoms with Crippen LogP contribution in [0.4, 0.5) is 0 Å². The number of carbonyl (C=O) groups is 1. The number of carbonyl (C=O) groups excluding carboxylic acids is 1. The van der Waals surface area contributed by atoms with Crippen molar-refractivity contribution in [2.75, 3.05) is 0 Å². The van der Waals surface area contributed by atoms with Crippen molar-refractivity contribution in [3.8, 4) is 5.75 Å². The molecule has 0 saturated heterocycles. The Labute approximate surface area is 97.8 Å². The van der Waals surface area contributed by atoms with Crippen molar-refractivity contribution < 1.29 is 14.6 Å². The second kappa shape index (κ2) is 5.24. The van der Waals surface area contributed by atoms with Crippen LogP contribution in [0.2, 0.25) is 10.0 Å². The summed E-state index contributed by atoms with van der Waals surface area (Å²) in [6.07, 6.45) is 0.718. The third-order valence-electron chi connectivity index (χ3n) is 1.71. The van der Waals surface area contributed by atoms with E-state index >= 15 is 0 Å². The van der Waals surface area contributed by atoms with Crippen molar-refractivity contribution in [3.05, 3.63) is 27.7 Å². The van der Waals surface area contributed by atoms with Gasteiger partial charge in [0.1, 0.15) is 0 Å². The van der Waals surface area contributed by atoms with E-state index in [0.29, 0.717) is 10.0 Å². The van der Waals surface area contributed by atoms with Crippen LogP contribution < -0.4 is 4.89 Å². The summed E-state index contributed by atoms with van der Waals surface area (Å²) in [6, 6.07) is 3.23. The van der Waals surface area contributed by atoms with Crippen LogP contribution in [0.3, 0.4) is 0 Å². The molecule has 0 bridgehead atoms. The minimum absolute atomic E-state index is 0.246. The first kappa shape index (κ1) is 12.1. The van der Waals surface area contributed by atoms with Crippen molar-refractivity contribution in [2.24, 2.45) is 0 Å². The highest BCUT2D eigenvalue weighted by molar-refractivity contribution is 6.34. The quantitative estimate of drug-likeness (QED) is 0.608. The zero-order valence-corrected chi connectivity index (χ0v) is 9.85. The molecule has 0 saturated carbocycles. The minimum atomic E-state index is -0.552. The molecule has 0 aliphatic rings. The average molecular weight is 249 g/mol. The molecule has 1 aromatic rings. The number of benzene rings is 1. The lowest BCUT2D eigenvalue weighted by Crippen LogP contribution is -2.03. The van der Waals surface area contributed by atoms with Gasteiger partial charge in [-0.05, 0) is 18.1 Å². The van der Waals surface area contributed by atoms with Crippen LogP contribution in [0, 0.1) is 0 Å². The standard InChI is InChI=1S/C10H10Cl2O3/c1-3-7-4-8(11)5-9(10(7)12)15-14-6(2)13/h4-5H,3H2,1-2H3. The van der Waals surface area contributed by atoms with Gasteiger partial charge in [0.25, 0.3) is 0 Å². The van der Waals surface area contributed by atoms with Gasteiger partial charge >= 0.3 is 5.97 Å². The molecule has 0 heterocycles. The molecule has 1 aromatic carbocycles. The summed E-state index contributed by atoms with van der Waals surface area (Å²) < 4.78 is 0. The van der Waals surface area contributed by atoms with Crippen LogP contribution in [0.15, 0.2) is 12.1 Å². The summed E-state index contributed by atoms with van der Waals surface area (Å²) in [5, 5.41) is 0.890. The Morgan fingerprint density at radius 3 is 2.60 bits per heavy atom. The maximum Gasteiger partial charge on any atom is 0.352 e. The number of hydrogen-bond donors (Lipinski definition) is 0.